The standard InChI is InChI=1S/C21H24N2O5/c1-27-17-10-4-15(5-11-17)22-21(26)23-16-6-12-19(13-7-16)28-18-8-2-14(3-9-18)20(24)25/h2-5,8-11,16,19H,6-7,12-13H2,1H3,(H,24,25)(H2,22,23,26)/t16-,19+. The second kappa shape index (κ2) is 9.12. The van der Waals surface area contributed by atoms with Gasteiger partial charge in [0, 0.05) is 11.7 Å². The maximum atomic E-state index is 12.2. The van der Waals surface area contributed by atoms with E-state index in [0.717, 1.165) is 31.4 Å². The van der Waals surface area contributed by atoms with Crippen LogP contribution in [-0.2, 0) is 0 Å². The molecule has 28 heavy (non-hydrogen) atoms. The summed E-state index contributed by atoms with van der Waals surface area (Å²) in [5, 5.41) is 14.7. The van der Waals surface area contributed by atoms with Crippen LogP contribution in [0.3, 0.4) is 0 Å². The molecule has 0 radical (unpaired) electrons. The van der Waals surface area contributed by atoms with Crippen molar-refractivity contribution in [2.45, 2.75) is 37.8 Å². The summed E-state index contributed by atoms with van der Waals surface area (Å²) in [6.07, 6.45) is 3.38. The Balaban J connectivity index is 1.41. The van der Waals surface area contributed by atoms with Gasteiger partial charge in [0.1, 0.15) is 11.5 Å². The molecule has 1 aliphatic rings. The molecular weight excluding hydrogens is 360 g/mol. The van der Waals surface area contributed by atoms with Gasteiger partial charge < -0.3 is 25.2 Å². The van der Waals surface area contributed by atoms with Gasteiger partial charge in [0.2, 0.25) is 0 Å². The smallest absolute Gasteiger partial charge is 0.335 e. The molecule has 0 unspecified atom stereocenters. The van der Waals surface area contributed by atoms with E-state index in [0.29, 0.717) is 11.4 Å². The molecule has 1 aliphatic carbocycles. The van der Waals surface area contributed by atoms with Crippen LogP contribution in [0.25, 0.3) is 0 Å². The number of urea groups is 1. The quantitative estimate of drug-likeness (QED) is 0.702. The average molecular weight is 384 g/mol. The van der Waals surface area contributed by atoms with E-state index in [-0.39, 0.29) is 23.7 Å². The Hall–Kier alpha value is -3.22. The topological polar surface area (TPSA) is 96.9 Å². The lowest BCUT2D eigenvalue weighted by Crippen LogP contribution is -2.41. The number of benzene rings is 2. The predicted octanol–water partition coefficient (Wildman–Crippen LogP) is 3.91. The molecule has 0 bridgehead atoms. The summed E-state index contributed by atoms with van der Waals surface area (Å²) in [7, 11) is 1.60. The number of hydrogen-bond donors (Lipinski definition) is 3. The minimum atomic E-state index is -0.953. The van der Waals surface area contributed by atoms with Gasteiger partial charge in [0.15, 0.2) is 0 Å². The molecule has 1 saturated carbocycles. The third-order valence-electron chi connectivity index (χ3n) is 4.76. The fourth-order valence-corrected chi connectivity index (χ4v) is 3.22. The van der Waals surface area contributed by atoms with Crippen LogP contribution in [-0.4, -0.2) is 36.4 Å². The van der Waals surface area contributed by atoms with Crippen molar-refractivity contribution in [1.29, 1.82) is 0 Å². The van der Waals surface area contributed by atoms with Gasteiger partial charge in [0.05, 0.1) is 18.8 Å². The van der Waals surface area contributed by atoms with E-state index < -0.39 is 5.97 Å². The molecule has 0 saturated heterocycles. The number of carboxylic acid groups (broad SMARTS) is 1. The number of aromatic carboxylic acids is 1. The van der Waals surface area contributed by atoms with Crippen molar-refractivity contribution in [3.8, 4) is 11.5 Å². The molecule has 0 aliphatic heterocycles. The molecule has 0 heterocycles. The summed E-state index contributed by atoms with van der Waals surface area (Å²) in [6, 6.07) is 13.5. The van der Waals surface area contributed by atoms with E-state index >= 15 is 0 Å². The van der Waals surface area contributed by atoms with Crippen LogP contribution in [0.15, 0.2) is 48.5 Å². The summed E-state index contributed by atoms with van der Waals surface area (Å²) >= 11 is 0. The van der Waals surface area contributed by atoms with Gasteiger partial charge >= 0.3 is 12.0 Å². The number of methoxy groups -OCH3 is 1. The molecule has 7 nitrogen and oxygen atoms in total. The zero-order valence-corrected chi connectivity index (χ0v) is 15.7. The highest BCUT2D eigenvalue weighted by atomic mass is 16.5. The van der Waals surface area contributed by atoms with Crippen LogP contribution < -0.4 is 20.1 Å². The lowest BCUT2D eigenvalue weighted by molar-refractivity contribution is 0.0696. The first-order valence-electron chi connectivity index (χ1n) is 9.25. The first kappa shape index (κ1) is 19.5. The number of carbonyl (C=O) groups is 2. The van der Waals surface area contributed by atoms with Crippen LogP contribution in [0, 0.1) is 0 Å². The summed E-state index contributed by atoms with van der Waals surface area (Å²) < 4.78 is 11.0. The SMILES string of the molecule is COc1ccc(NC(=O)N[C@H]2CC[C@@H](Oc3ccc(C(=O)O)cc3)CC2)cc1. The third kappa shape index (κ3) is 5.39. The number of nitrogens with one attached hydrogen (secondary N) is 2. The summed E-state index contributed by atoms with van der Waals surface area (Å²) in [5.41, 5.74) is 0.947. The van der Waals surface area contributed by atoms with Crippen LogP contribution >= 0.6 is 0 Å². The molecule has 148 valence electrons. The highest BCUT2D eigenvalue weighted by Crippen LogP contribution is 2.24. The molecule has 0 aromatic heterocycles. The Morgan fingerprint density at radius 1 is 0.929 bits per heavy atom. The Morgan fingerprint density at radius 3 is 2.11 bits per heavy atom. The monoisotopic (exact) mass is 384 g/mol. The first-order chi connectivity index (χ1) is 13.5. The van der Waals surface area contributed by atoms with Crippen LogP contribution in [0.2, 0.25) is 0 Å². The first-order valence-corrected chi connectivity index (χ1v) is 9.25. The predicted molar refractivity (Wildman–Crippen MR) is 105 cm³/mol. The van der Waals surface area contributed by atoms with E-state index in [9.17, 15) is 9.59 Å². The number of carbonyl (C=O) groups excluding carboxylic acids is 1. The minimum absolute atomic E-state index is 0.0679. The van der Waals surface area contributed by atoms with Gasteiger partial charge in [-0.25, -0.2) is 9.59 Å². The molecule has 3 rings (SSSR count). The number of hydrogen-bond acceptors (Lipinski definition) is 4. The largest absolute Gasteiger partial charge is 0.497 e. The van der Waals surface area contributed by atoms with Gasteiger partial charge in [-0.2, -0.15) is 0 Å². The van der Waals surface area contributed by atoms with E-state index in [1.807, 2.05) is 0 Å². The highest BCUT2D eigenvalue weighted by Gasteiger charge is 2.23. The van der Waals surface area contributed by atoms with Gasteiger partial charge in [-0.1, -0.05) is 0 Å². The number of carboxylic acids is 1. The zero-order valence-electron chi connectivity index (χ0n) is 15.7. The molecular formula is C21H24N2O5. The fourth-order valence-electron chi connectivity index (χ4n) is 3.22. The number of amides is 2. The van der Waals surface area contributed by atoms with Crippen molar-refractivity contribution < 1.29 is 24.2 Å². The molecule has 7 heteroatoms. The maximum absolute atomic E-state index is 12.2. The summed E-state index contributed by atoms with van der Waals surface area (Å²) in [6.45, 7) is 0. The lowest BCUT2D eigenvalue weighted by Gasteiger charge is -2.29. The van der Waals surface area contributed by atoms with Gasteiger partial charge in [0.25, 0.3) is 0 Å². The molecule has 3 N–H and O–H groups in total. The second-order valence-electron chi connectivity index (χ2n) is 6.75. The molecule has 2 aromatic carbocycles. The zero-order chi connectivity index (χ0) is 19.9. The van der Waals surface area contributed by atoms with E-state index in [1.165, 1.54) is 12.1 Å². The number of rotatable bonds is 6. The van der Waals surface area contributed by atoms with Crippen molar-refractivity contribution in [2.24, 2.45) is 0 Å². The van der Waals surface area contributed by atoms with E-state index in [1.54, 1.807) is 43.5 Å². The molecule has 2 aromatic rings. The summed E-state index contributed by atoms with van der Waals surface area (Å²) in [5.74, 6) is 0.451. The number of ether oxygens (including phenoxy) is 2. The molecule has 0 atom stereocenters. The Morgan fingerprint density at radius 2 is 1.54 bits per heavy atom. The van der Waals surface area contributed by atoms with Crippen molar-refractivity contribution in [2.75, 3.05) is 12.4 Å². The van der Waals surface area contributed by atoms with Crippen molar-refractivity contribution >= 4 is 17.7 Å². The van der Waals surface area contributed by atoms with Gasteiger partial charge in [-0.3, -0.25) is 0 Å². The molecule has 0 spiro atoms. The molecule has 2 amide bonds. The number of anilines is 1. The fraction of sp³-hybridized carbons (Fsp3) is 0.333. The van der Waals surface area contributed by atoms with Crippen LogP contribution in [0.5, 0.6) is 11.5 Å². The van der Waals surface area contributed by atoms with Crippen molar-refractivity contribution in [1.82, 2.24) is 5.32 Å². The minimum Gasteiger partial charge on any atom is -0.497 e. The van der Waals surface area contributed by atoms with Crippen molar-refractivity contribution in [3.05, 3.63) is 54.1 Å². The van der Waals surface area contributed by atoms with Crippen LogP contribution in [0.1, 0.15) is 36.0 Å². The van der Waals surface area contributed by atoms with Gasteiger partial charge in [-0.05, 0) is 74.2 Å². The maximum Gasteiger partial charge on any atom is 0.335 e. The lowest BCUT2D eigenvalue weighted by atomic mass is 9.93. The van der Waals surface area contributed by atoms with E-state index in [2.05, 4.69) is 10.6 Å². The van der Waals surface area contributed by atoms with Crippen LogP contribution in [0.4, 0.5) is 10.5 Å². The summed E-state index contributed by atoms with van der Waals surface area (Å²) in [4.78, 5) is 23.0. The highest BCUT2D eigenvalue weighted by molar-refractivity contribution is 5.89. The third-order valence-corrected chi connectivity index (χ3v) is 4.76. The van der Waals surface area contributed by atoms with Crippen molar-refractivity contribution in [3.63, 3.8) is 0 Å². The second-order valence-corrected chi connectivity index (χ2v) is 6.75. The average Bonchev–Trinajstić information content (AvgIpc) is 2.70. The normalized spacial score (nSPS) is 18.8. The Kier molecular flexibility index (Phi) is 6.37. The Labute approximate surface area is 163 Å². The molecule has 1 fully saturated rings. The van der Waals surface area contributed by atoms with Gasteiger partial charge in [-0.15, -0.1) is 0 Å². The van der Waals surface area contributed by atoms with E-state index in [4.69, 9.17) is 14.6 Å². The Bertz CT molecular complexity index is 797.